The highest BCUT2D eigenvalue weighted by molar-refractivity contribution is 5.92. The highest BCUT2D eigenvalue weighted by Crippen LogP contribution is 2.19. The van der Waals surface area contributed by atoms with Crippen LogP contribution in [0.3, 0.4) is 0 Å². The van der Waals surface area contributed by atoms with E-state index in [1.165, 1.54) is 31.2 Å². The van der Waals surface area contributed by atoms with Crippen LogP contribution in [-0.2, 0) is 4.74 Å². The first-order valence-corrected chi connectivity index (χ1v) is 4.42. The third-order valence-corrected chi connectivity index (χ3v) is 1.84. The van der Waals surface area contributed by atoms with Gasteiger partial charge in [0.05, 0.1) is 0 Å². The molecular weight excluding hydrogens is 200 g/mol. The Hall–Kier alpha value is -1.59. The van der Waals surface area contributed by atoms with Gasteiger partial charge in [0, 0.05) is 6.42 Å². The molecule has 1 aromatic carbocycles. The second-order valence-corrected chi connectivity index (χ2v) is 3.00. The van der Waals surface area contributed by atoms with Crippen LogP contribution >= 0.6 is 0 Å². The van der Waals surface area contributed by atoms with Crippen molar-refractivity contribution < 1.29 is 24.9 Å². The van der Waals surface area contributed by atoms with Crippen molar-refractivity contribution in [3.63, 3.8) is 0 Å². The Kier molecular flexibility index (Phi) is 3.28. The number of rotatable bonds is 3. The second kappa shape index (κ2) is 4.29. The van der Waals surface area contributed by atoms with Gasteiger partial charge in [-0.25, -0.2) is 4.79 Å². The number of phenolic OH excluding ortho intramolecular Hbond substituents is 1. The van der Waals surface area contributed by atoms with Crippen LogP contribution in [0.25, 0.3) is 0 Å². The minimum absolute atomic E-state index is 0.113. The highest BCUT2D eigenvalue weighted by atomic mass is 16.8. The molecule has 1 aromatic rings. The van der Waals surface area contributed by atoms with E-state index in [1.54, 1.807) is 0 Å². The molecule has 5 heteroatoms. The smallest absolute Gasteiger partial charge is 0.346 e. The summed E-state index contributed by atoms with van der Waals surface area (Å²) in [4.78, 5) is 11.3. The standard InChI is InChI=1S/C10H12O5/c1-2-10(13,14)15-9(12)7-5-3-4-6-8(7)11/h3-6,11,13-14H,2H2,1H3. The van der Waals surface area contributed by atoms with Crippen LogP contribution in [0.2, 0.25) is 0 Å². The Labute approximate surface area is 86.5 Å². The molecule has 5 nitrogen and oxygen atoms in total. The van der Waals surface area contributed by atoms with Gasteiger partial charge in [-0.15, -0.1) is 0 Å². The average molecular weight is 212 g/mol. The maximum atomic E-state index is 11.3. The van der Waals surface area contributed by atoms with E-state index in [2.05, 4.69) is 4.74 Å². The zero-order valence-electron chi connectivity index (χ0n) is 8.17. The van der Waals surface area contributed by atoms with Crippen LogP contribution < -0.4 is 0 Å². The molecule has 1 rings (SSSR count). The molecule has 82 valence electrons. The van der Waals surface area contributed by atoms with E-state index in [1.807, 2.05) is 0 Å². The van der Waals surface area contributed by atoms with E-state index in [0.717, 1.165) is 0 Å². The second-order valence-electron chi connectivity index (χ2n) is 3.00. The summed E-state index contributed by atoms with van der Waals surface area (Å²) < 4.78 is 4.37. The maximum Gasteiger partial charge on any atom is 0.346 e. The summed E-state index contributed by atoms with van der Waals surface area (Å²) >= 11 is 0. The number of phenols is 1. The SMILES string of the molecule is CCC(O)(O)OC(=O)c1ccccc1O. The number of aromatic hydroxyl groups is 1. The van der Waals surface area contributed by atoms with Crippen molar-refractivity contribution in [3.05, 3.63) is 29.8 Å². The Morgan fingerprint density at radius 3 is 2.53 bits per heavy atom. The number of carbonyl (C=O) groups excluding carboxylic acids is 1. The molecule has 0 radical (unpaired) electrons. The molecule has 3 N–H and O–H groups in total. The summed E-state index contributed by atoms with van der Waals surface area (Å²) in [7, 11) is 0. The van der Waals surface area contributed by atoms with Crippen LogP contribution in [-0.4, -0.2) is 27.3 Å². The number of para-hydroxylation sites is 1. The lowest BCUT2D eigenvalue weighted by atomic mass is 10.2. The van der Waals surface area contributed by atoms with Gasteiger partial charge in [0.2, 0.25) is 0 Å². The zero-order chi connectivity index (χ0) is 11.5. The average Bonchev–Trinajstić information content (AvgIpc) is 2.17. The topological polar surface area (TPSA) is 87.0 Å². The van der Waals surface area contributed by atoms with Gasteiger partial charge in [-0.3, -0.25) is 0 Å². The van der Waals surface area contributed by atoms with E-state index in [9.17, 15) is 9.90 Å². The summed E-state index contributed by atoms with van der Waals surface area (Å²) in [5, 5.41) is 27.4. The zero-order valence-corrected chi connectivity index (χ0v) is 8.17. The molecule has 0 fully saturated rings. The summed E-state index contributed by atoms with van der Waals surface area (Å²) in [5.74, 6) is -3.76. The fourth-order valence-electron chi connectivity index (χ4n) is 0.922. The monoisotopic (exact) mass is 212 g/mol. The van der Waals surface area contributed by atoms with Crippen molar-refractivity contribution >= 4 is 5.97 Å². The minimum atomic E-state index is -2.50. The highest BCUT2D eigenvalue weighted by Gasteiger charge is 2.27. The van der Waals surface area contributed by atoms with Gasteiger partial charge in [-0.05, 0) is 12.1 Å². The molecular formula is C10H12O5. The quantitative estimate of drug-likeness (QED) is 0.504. The third kappa shape index (κ3) is 2.93. The molecule has 0 atom stereocenters. The van der Waals surface area contributed by atoms with E-state index < -0.39 is 11.9 Å². The van der Waals surface area contributed by atoms with Gasteiger partial charge in [0.15, 0.2) is 0 Å². The van der Waals surface area contributed by atoms with Gasteiger partial charge in [-0.1, -0.05) is 19.1 Å². The summed E-state index contributed by atoms with van der Waals surface area (Å²) in [5.41, 5.74) is -0.113. The molecule has 0 aromatic heterocycles. The van der Waals surface area contributed by atoms with Crippen LogP contribution in [0, 0.1) is 0 Å². The Morgan fingerprint density at radius 2 is 2.00 bits per heavy atom. The lowest BCUT2D eigenvalue weighted by Crippen LogP contribution is -2.33. The third-order valence-electron chi connectivity index (χ3n) is 1.84. The normalized spacial score (nSPS) is 11.1. The molecule has 15 heavy (non-hydrogen) atoms. The number of aliphatic hydroxyl groups is 2. The van der Waals surface area contributed by atoms with Gasteiger partial charge < -0.3 is 20.1 Å². The maximum absolute atomic E-state index is 11.3. The van der Waals surface area contributed by atoms with Gasteiger partial charge >= 0.3 is 11.9 Å². The van der Waals surface area contributed by atoms with Crippen molar-refractivity contribution in [1.82, 2.24) is 0 Å². The summed E-state index contributed by atoms with van der Waals surface area (Å²) in [6, 6.07) is 5.69. The molecule has 0 saturated heterocycles. The van der Waals surface area contributed by atoms with Crippen molar-refractivity contribution in [2.45, 2.75) is 19.3 Å². The molecule has 0 spiro atoms. The molecule has 0 saturated carbocycles. The molecule has 0 amide bonds. The van der Waals surface area contributed by atoms with Crippen molar-refractivity contribution in [2.75, 3.05) is 0 Å². The van der Waals surface area contributed by atoms with Gasteiger partial charge in [0.25, 0.3) is 0 Å². The number of carbonyl (C=O) groups is 1. The fourth-order valence-corrected chi connectivity index (χ4v) is 0.922. The molecule has 0 aliphatic carbocycles. The van der Waals surface area contributed by atoms with E-state index in [4.69, 9.17) is 10.2 Å². The number of esters is 1. The fraction of sp³-hybridized carbons (Fsp3) is 0.300. The molecule has 0 aliphatic rings. The number of hydrogen-bond acceptors (Lipinski definition) is 5. The first kappa shape index (κ1) is 11.5. The largest absolute Gasteiger partial charge is 0.507 e. The Bertz CT molecular complexity index is 359. The van der Waals surface area contributed by atoms with E-state index in [0.29, 0.717) is 0 Å². The molecule has 0 bridgehead atoms. The van der Waals surface area contributed by atoms with Crippen molar-refractivity contribution in [1.29, 1.82) is 0 Å². The number of ether oxygens (including phenoxy) is 1. The lowest BCUT2D eigenvalue weighted by molar-refractivity contribution is -0.308. The van der Waals surface area contributed by atoms with Gasteiger partial charge in [0.1, 0.15) is 11.3 Å². The Balaban J connectivity index is 2.83. The van der Waals surface area contributed by atoms with Crippen LogP contribution in [0.15, 0.2) is 24.3 Å². The van der Waals surface area contributed by atoms with Crippen LogP contribution in [0.5, 0.6) is 5.75 Å². The summed E-state index contributed by atoms with van der Waals surface area (Å²) in [6.45, 7) is 1.44. The van der Waals surface area contributed by atoms with Crippen LogP contribution in [0.4, 0.5) is 0 Å². The number of benzene rings is 1. The molecule has 0 unspecified atom stereocenters. The van der Waals surface area contributed by atoms with E-state index in [-0.39, 0.29) is 17.7 Å². The first-order valence-electron chi connectivity index (χ1n) is 4.42. The lowest BCUT2D eigenvalue weighted by Gasteiger charge is -2.19. The Morgan fingerprint density at radius 1 is 1.40 bits per heavy atom. The predicted octanol–water partition coefficient (Wildman–Crippen LogP) is 0.597. The molecule has 0 heterocycles. The van der Waals surface area contributed by atoms with Crippen LogP contribution in [0.1, 0.15) is 23.7 Å². The van der Waals surface area contributed by atoms with Crippen molar-refractivity contribution in [2.24, 2.45) is 0 Å². The summed E-state index contributed by atoms with van der Waals surface area (Å²) in [6.07, 6.45) is -0.160. The molecule has 0 aliphatic heterocycles. The predicted molar refractivity (Wildman–Crippen MR) is 51.0 cm³/mol. The van der Waals surface area contributed by atoms with Gasteiger partial charge in [-0.2, -0.15) is 0 Å². The number of hydrogen-bond donors (Lipinski definition) is 3. The van der Waals surface area contributed by atoms with Crippen molar-refractivity contribution in [3.8, 4) is 5.75 Å². The minimum Gasteiger partial charge on any atom is -0.507 e. The van der Waals surface area contributed by atoms with E-state index >= 15 is 0 Å². The first-order chi connectivity index (χ1) is 6.96.